The fraction of sp³-hybridized carbons (Fsp3) is 0.0833. The SMILES string of the molecule is C=CCc1ccc(OC(=O)c2ccccc2)c(OC)c1.[CH2]c1ccccc1. The highest BCUT2D eigenvalue weighted by Crippen LogP contribution is 2.29. The van der Waals surface area contributed by atoms with Crippen LogP contribution in [0.25, 0.3) is 0 Å². The Balaban J connectivity index is 0.000000313. The lowest BCUT2D eigenvalue weighted by Crippen LogP contribution is -2.09. The van der Waals surface area contributed by atoms with Crippen LogP contribution in [0.3, 0.4) is 0 Å². The van der Waals surface area contributed by atoms with Gasteiger partial charge >= 0.3 is 5.97 Å². The third-order valence-corrected chi connectivity index (χ3v) is 3.66. The maximum Gasteiger partial charge on any atom is 0.343 e. The molecule has 0 aliphatic heterocycles. The first kappa shape index (κ1) is 20.0. The molecule has 0 aliphatic rings. The van der Waals surface area contributed by atoms with Crippen molar-refractivity contribution in [2.24, 2.45) is 0 Å². The third-order valence-electron chi connectivity index (χ3n) is 3.66. The van der Waals surface area contributed by atoms with Gasteiger partial charge in [0.05, 0.1) is 12.7 Å². The predicted molar refractivity (Wildman–Crippen MR) is 109 cm³/mol. The standard InChI is InChI=1S/C17H16O3.C7H7/c1-3-7-13-10-11-15(16(12-13)19-2)20-17(18)14-8-5-4-6-9-14;1-7-5-3-2-4-6-7/h3-6,8-12H,1,7H2,2H3;2-6H,1H2. The average Bonchev–Trinajstić information content (AvgIpc) is 2.71. The Morgan fingerprint density at radius 3 is 2.07 bits per heavy atom. The number of ether oxygens (including phenoxy) is 2. The lowest BCUT2D eigenvalue weighted by molar-refractivity contribution is 0.0729. The molecular formula is C24H23O3. The van der Waals surface area contributed by atoms with Crippen molar-refractivity contribution < 1.29 is 14.3 Å². The van der Waals surface area contributed by atoms with Gasteiger partial charge in [0.15, 0.2) is 11.5 Å². The molecule has 3 aromatic rings. The highest BCUT2D eigenvalue weighted by molar-refractivity contribution is 5.91. The number of hydrogen-bond acceptors (Lipinski definition) is 3. The Labute approximate surface area is 160 Å². The van der Waals surface area contributed by atoms with Crippen molar-refractivity contribution >= 4 is 5.97 Å². The van der Waals surface area contributed by atoms with Crippen LogP contribution in [-0.4, -0.2) is 13.1 Å². The number of esters is 1. The summed E-state index contributed by atoms with van der Waals surface area (Å²) in [6.45, 7) is 7.42. The summed E-state index contributed by atoms with van der Waals surface area (Å²) >= 11 is 0. The summed E-state index contributed by atoms with van der Waals surface area (Å²) in [5.41, 5.74) is 2.63. The summed E-state index contributed by atoms with van der Waals surface area (Å²) in [5, 5.41) is 0. The normalized spacial score (nSPS) is 9.56. The first-order valence-electron chi connectivity index (χ1n) is 8.56. The molecule has 0 aromatic heterocycles. The van der Waals surface area contributed by atoms with E-state index in [1.54, 1.807) is 37.4 Å². The van der Waals surface area contributed by atoms with Gasteiger partial charge in [-0.15, -0.1) is 6.58 Å². The molecule has 3 heteroatoms. The molecule has 1 radical (unpaired) electrons. The maximum absolute atomic E-state index is 12.0. The monoisotopic (exact) mass is 359 g/mol. The van der Waals surface area contributed by atoms with Crippen LogP contribution in [0.5, 0.6) is 11.5 Å². The van der Waals surface area contributed by atoms with Crippen LogP contribution in [0.1, 0.15) is 21.5 Å². The molecular weight excluding hydrogens is 336 g/mol. The molecule has 0 N–H and O–H groups in total. The fourth-order valence-corrected chi connectivity index (χ4v) is 2.30. The van der Waals surface area contributed by atoms with Crippen molar-refractivity contribution in [2.75, 3.05) is 7.11 Å². The minimum Gasteiger partial charge on any atom is -0.493 e. The summed E-state index contributed by atoms with van der Waals surface area (Å²) in [7, 11) is 1.55. The van der Waals surface area contributed by atoms with E-state index in [4.69, 9.17) is 9.47 Å². The third kappa shape index (κ3) is 6.48. The predicted octanol–water partition coefficient (Wildman–Crippen LogP) is 5.51. The number of carbonyl (C=O) groups excluding carboxylic acids is 1. The zero-order valence-electron chi connectivity index (χ0n) is 15.4. The van der Waals surface area contributed by atoms with Crippen LogP contribution >= 0.6 is 0 Å². The minimum absolute atomic E-state index is 0.402. The molecule has 3 nitrogen and oxygen atoms in total. The number of allylic oxidation sites excluding steroid dienone is 1. The van der Waals surface area contributed by atoms with Gasteiger partial charge in [-0.05, 0) is 48.7 Å². The van der Waals surface area contributed by atoms with E-state index < -0.39 is 5.97 Å². The van der Waals surface area contributed by atoms with Crippen molar-refractivity contribution in [1.82, 2.24) is 0 Å². The van der Waals surface area contributed by atoms with Gasteiger partial charge < -0.3 is 9.47 Å². The summed E-state index contributed by atoms with van der Waals surface area (Å²) in [6, 6.07) is 24.2. The van der Waals surface area contributed by atoms with Crippen molar-refractivity contribution in [1.29, 1.82) is 0 Å². The van der Waals surface area contributed by atoms with Crippen LogP contribution in [0.15, 0.2) is 91.5 Å². The van der Waals surface area contributed by atoms with E-state index in [0.29, 0.717) is 17.1 Å². The van der Waals surface area contributed by atoms with Gasteiger partial charge in [-0.3, -0.25) is 0 Å². The molecule has 0 fully saturated rings. The summed E-state index contributed by atoms with van der Waals surface area (Å²) in [5.74, 6) is 0.545. The maximum atomic E-state index is 12.0. The lowest BCUT2D eigenvalue weighted by atomic mass is 10.1. The van der Waals surface area contributed by atoms with Crippen molar-refractivity contribution in [3.05, 3.63) is 115 Å². The van der Waals surface area contributed by atoms with Gasteiger partial charge in [-0.25, -0.2) is 4.79 Å². The second kappa shape index (κ2) is 10.6. The zero-order valence-corrected chi connectivity index (χ0v) is 15.4. The van der Waals surface area contributed by atoms with Gasteiger partial charge in [0.1, 0.15) is 0 Å². The van der Waals surface area contributed by atoms with Crippen LogP contribution in [0.2, 0.25) is 0 Å². The van der Waals surface area contributed by atoms with Gasteiger partial charge in [-0.1, -0.05) is 60.7 Å². The van der Waals surface area contributed by atoms with Crippen LogP contribution < -0.4 is 9.47 Å². The average molecular weight is 359 g/mol. The number of rotatable bonds is 5. The second-order valence-electron chi connectivity index (χ2n) is 5.72. The van der Waals surface area contributed by atoms with Gasteiger partial charge in [0, 0.05) is 0 Å². The smallest absolute Gasteiger partial charge is 0.343 e. The van der Waals surface area contributed by atoms with E-state index >= 15 is 0 Å². The van der Waals surface area contributed by atoms with E-state index in [1.807, 2.05) is 54.6 Å². The number of hydrogen-bond donors (Lipinski definition) is 0. The van der Waals surface area contributed by atoms with Crippen molar-refractivity contribution in [2.45, 2.75) is 6.42 Å². The molecule has 3 rings (SSSR count). The summed E-state index contributed by atoms with van der Waals surface area (Å²) in [6.07, 6.45) is 2.55. The molecule has 0 aliphatic carbocycles. The van der Waals surface area contributed by atoms with Crippen molar-refractivity contribution in [3.8, 4) is 11.5 Å². The highest BCUT2D eigenvalue weighted by atomic mass is 16.6. The number of methoxy groups -OCH3 is 1. The molecule has 0 amide bonds. The molecule has 0 bridgehead atoms. The van der Waals surface area contributed by atoms with E-state index in [1.165, 1.54) is 0 Å². The summed E-state index contributed by atoms with van der Waals surface area (Å²) < 4.78 is 10.6. The first-order chi connectivity index (χ1) is 13.1. The molecule has 3 aromatic carbocycles. The first-order valence-corrected chi connectivity index (χ1v) is 8.56. The Morgan fingerprint density at radius 2 is 1.56 bits per heavy atom. The summed E-state index contributed by atoms with van der Waals surface area (Å²) in [4.78, 5) is 12.0. The Hall–Kier alpha value is -3.33. The molecule has 0 atom stereocenters. The van der Waals surface area contributed by atoms with E-state index in [0.717, 1.165) is 17.5 Å². The minimum atomic E-state index is -0.402. The quantitative estimate of drug-likeness (QED) is 0.342. The number of benzene rings is 3. The Morgan fingerprint density at radius 1 is 0.926 bits per heavy atom. The number of carbonyl (C=O) groups is 1. The Kier molecular flexibility index (Phi) is 7.86. The topological polar surface area (TPSA) is 35.5 Å². The van der Waals surface area contributed by atoms with E-state index in [9.17, 15) is 4.79 Å². The largest absolute Gasteiger partial charge is 0.493 e. The van der Waals surface area contributed by atoms with E-state index in [2.05, 4.69) is 13.5 Å². The second-order valence-corrected chi connectivity index (χ2v) is 5.72. The molecule has 0 spiro atoms. The molecule has 0 heterocycles. The lowest BCUT2D eigenvalue weighted by Gasteiger charge is -2.10. The Bertz CT molecular complexity index is 855. The van der Waals surface area contributed by atoms with Gasteiger partial charge in [-0.2, -0.15) is 0 Å². The van der Waals surface area contributed by atoms with Crippen LogP contribution in [0, 0.1) is 6.92 Å². The molecule has 137 valence electrons. The zero-order chi connectivity index (χ0) is 19.5. The van der Waals surface area contributed by atoms with Gasteiger partial charge in [0.2, 0.25) is 0 Å². The molecule has 27 heavy (non-hydrogen) atoms. The fourth-order valence-electron chi connectivity index (χ4n) is 2.30. The van der Waals surface area contributed by atoms with Crippen LogP contribution in [-0.2, 0) is 6.42 Å². The van der Waals surface area contributed by atoms with Crippen molar-refractivity contribution in [3.63, 3.8) is 0 Å². The van der Waals surface area contributed by atoms with Crippen LogP contribution in [0.4, 0.5) is 0 Å². The van der Waals surface area contributed by atoms with Gasteiger partial charge in [0.25, 0.3) is 0 Å². The molecule has 0 saturated carbocycles. The molecule has 0 saturated heterocycles. The molecule has 0 unspecified atom stereocenters. The van der Waals surface area contributed by atoms with E-state index in [-0.39, 0.29) is 0 Å². The highest BCUT2D eigenvalue weighted by Gasteiger charge is 2.12.